The molecule has 1 aromatic carbocycles. The minimum absolute atomic E-state index is 0.0139. The van der Waals surface area contributed by atoms with E-state index in [1.54, 1.807) is 12.1 Å². The number of aryl methyl sites for hydroxylation is 2. The van der Waals surface area contributed by atoms with E-state index in [0.717, 1.165) is 36.2 Å². The van der Waals surface area contributed by atoms with Crippen LogP contribution in [0.5, 0.6) is 0 Å². The van der Waals surface area contributed by atoms with Gasteiger partial charge in [-0.2, -0.15) is 5.10 Å². The number of hydrogen-bond acceptors (Lipinski definition) is 2. The maximum Gasteiger partial charge on any atom is 0.123 e. The molecule has 1 aromatic heterocycles. The number of rotatable bonds is 6. The third-order valence-electron chi connectivity index (χ3n) is 3.25. The standard InChI is InChI=1S/C16H22FN3/c1-4-6-20-11-14(10-19-20)16(18-5-2)13-7-12(3)8-15(17)9-13/h7-11,16,18H,4-6H2,1-3H3. The van der Waals surface area contributed by atoms with Gasteiger partial charge in [0, 0.05) is 18.3 Å². The summed E-state index contributed by atoms with van der Waals surface area (Å²) in [5, 5.41) is 7.77. The molecule has 0 saturated heterocycles. The zero-order valence-electron chi connectivity index (χ0n) is 12.4. The van der Waals surface area contributed by atoms with Crippen molar-refractivity contribution in [3.63, 3.8) is 0 Å². The number of aromatic nitrogens is 2. The van der Waals surface area contributed by atoms with Crippen molar-refractivity contribution < 1.29 is 4.39 Å². The Kier molecular flexibility index (Phi) is 4.90. The molecule has 0 radical (unpaired) electrons. The fourth-order valence-corrected chi connectivity index (χ4v) is 2.44. The van der Waals surface area contributed by atoms with Gasteiger partial charge in [-0.3, -0.25) is 4.68 Å². The van der Waals surface area contributed by atoms with Crippen LogP contribution in [0.25, 0.3) is 0 Å². The maximum atomic E-state index is 13.6. The summed E-state index contributed by atoms with van der Waals surface area (Å²) in [6.45, 7) is 7.81. The molecular weight excluding hydrogens is 253 g/mol. The van der Waals surface area contributed by atoms with Crippen molar-refractivity contribution in [2.24, 2.45) is 0 Å². The van der Waals surface area contributed by atoms with Gasteiger partial charge in [0.2, 0.25) is 0 Å². The predicted molar refractivity (Wildman–Crippen MR) is 79.2 cm³/mol. The van der Waals surface area contributed by atoms with Gasteiger partial charge in [0.05, 0.1) is 12.2 Å². The van der Waals surface area contributed by atoms with Crippen molar-refractivity contribution in [2.45, 2.75) is 39.8 Å². The van der Waals surface area contributed by atoms with E-state index in [4.69, 9.17) is 0 Å². The third-order valence-corrected chi connectivity index (χ3v) is 3.25. The molecule has 0 aliphatic carbocycles. The highest BCUT2D eigenvalue weighted by atomic mass is 19.1. The lowest BCUT2D eigenvalue weighted by molar-refractivity contribution is 0.592. The molecule has 0 amide bonds. The molecular formula is C16H22FN3. The van der Waals surface area contributed by atoms with Gasteiger partial charge in [-0.15, -0.1) is 0 Å². The first kappa shape index (κ1) is 14.7. The van der Waals surface area contributed by atoms with E-state index in [1.165, 1.54) is 0 Å². The normalized spacial score (nSPS) is 12.6. The molecule has 0 aliphatic rings. The molecule has 2 aromatic rings. The topological polar surface area (TPSA) is 29.9 Å². The van der Waals surface area contributed by atoms with Crippen molar-refractivity contribution >= 4 is 0 Å². The summed E-state index contributed by atoms with van der Waals surface area (Å²) in [6.07, 6.45) is 4.95. The second-order valence-electron chi connectivity index (χ2n) is 5.09. The van der Waals surface area contributed by atoms with E-state index in [2.05, 4.69) is 24.3 Å². The van der Waals surface area contributed by atoms with Gasteiger partial charge in [0.15, 0.2) is 0 Å². The number of nitrogens with one attached hydrogen (secondary N) is 1. The zero-order valence-corrected chi connectivity index (χ0v) is 12.4. The van der Waals surface area contributed by atoms with Gasteiger partial charge in [-0.1, -0.05) is 19.9 Å². The van der Waals surface area contributed by atoms with Crippen LogP contribution in [0.3, 0.4) is 0 Å². The fourth-order valence-electron chi connectivity index (χ4n) is 2.44. The summed E-state index contributed by atoms with van der Waals surface area (Å²) < 4.78 is 15.6. The van der Waals surface area contributed by atoms with Crippen molar-refractivity contribution in [1.29, 1.82) is 0 Å². The average Bonchev–Trinajstić information content (AvgIpc) is 2.83. The van der Waals surface area contributed by atoms with Crippen molar-refractivity contribution in [2.75, 3.05) is 6.54 Å². The first-order valence-corrected chi connectivity index (χ1v) is 7.16. The Labute approximate surface area is 119 Å². The molecule has 0 aliphatic heterocycles. The number of hydrogen-bond donors (Lipinski definition) is 1. The average molecular weight is 275 g/mol. The van der Waals surface area contributed by atoms with Crippen molar-refractivity contribution in [3.05, 3.63) is 53.1 Å². The Morgan fingerprint density at radius 3 is 2.70 bits per heavy atom. The molecule has 1 atom stereocenters. The molecule has 0 fully saturated rings. The van der Waals surface area contributed by atoms with Crippen LogP contribution < -0.4 is 5.32 Å². The molecule has 0 spiro atoms. The predicted octanol–water partition coefficient (Wildman–Crippen LogP) is 3.44. The second kappa shape index (κ2) is 6.66. The number of nitrogens with zero attached hydrogens (tertiary/aromatic N) is 2. The first-order chi connectivity index (χ1) is 9.63. The van der Waals surface area contributed by atoms with Crippen LogP contribution in [0, 0.1) is 12.7 Å². The number of halogens is 1. The summed E-state index contributed by atoms with van der Waals surface area (Å²) in [6, 6.07) is 5.15. The SMILES string of the molecule is CCCn1cc(C(NCC)c2cc(C)cc(F)c2)cn1. The van der Waals surface area contributed by atoms with Crippen LogP contribution >= 0.6 is 0 Å². The fraction of sp³-hybridized carbons (Fsp3) is 0.438. The van der Waals surface area contributed by atoms with Gasteiger partial charge in [-0.05, 0) is 43.1 Å². The summed E-state index contributed by atoms with van der Waals surface area (Å²) in [7, 11) is 0. The summed E-state index contributed by atoms with van der Waals surface area (Å²) in [5.41, 5.74) is 2.95. The smallest absolute Gasteiger partial charge is 0.123 e. The van der Waals surface area contributed by atoms with Gasteiger partial charge in [0.1, 0.15) is 5.82 Å². The molecule has 4 heteroatoms. The summed E-state index contributed by atoms with van der Waals surface area (Å²) >= 11 is 0. The van der Waals surface area contributed by atoms with Crippen molar-refractivity contribution in [1.82, 2.24) is 15.1 Å². The lowest BCUT2D eigenvalue weighted by Gasteiger charge is -2.17. The van der Waals surface area contributed by atoms with E-state index < -0.39 is 0 Å². The first-order valence-electron chi connectivity index (χ1n) is 7.16. The molecule has 20 heavy (non-hydrogen) atoms. The Bertz CT molecular complexity index is 542. The molecule has 1 unspecified atom stereocenters. The van der Waals surface area contributed by atoms with Gasteiger partial charge < -0.3 is 5.32 Å². The van der Waals surface area contributed by atoms with E-state index in [9.17, 15) is 4.39 Å². The quantitative estimate of drug-likeness (QED) is 0.875. The molecule has 2 rings (SSSR count). The third kappa shape index (κ3) is 3.45. The van der Waals surface area contributed by atoms with Crippen LogP contribution in [-0.4, -0.2) is 16.3 Å². The molecule has 1 heterocycles. The highest BCUT2D eigenvalue weighted by Gasteiger charge is 2.16. The summed E-state index contributed by atoms with van der Waals surface area (Å²) in [5.74, 6) is -0.191. The molecule has 0 saturated carbocycles. The van der Waals surface area contributed by atoms with Crippen LogP contribution in [0.15, 0.2) is 30.6 Å². The van der Waals surface area contributed by atoms with E-state index >= 15 is 0 Å². The van der Waals surface area contributed by atoms with E-state index in [-0.39, 0.29) is 11.9 Å². The van der Waals surface area contributed by atoms with Crippen molar-refractivity contribution in [3.8, 4) is 0 Å². The molecule has 108 valence electrons. The Hall–Kier alpha value is -1.68. The largest absolute Gasteiger partial charge is 0.306 e. The maximum absolute atomic E-state index is 13.6. The zero-order chi connectivity index (χ0) is 14.5. The lowest BCUT2D eigenvalue weighted by atomic mass is 9.99. The monoisotopic (exact) mass is 275 g/mol. The van der Waals surface area contributed by atoms with Crippen LogP contribution in [0.4, 0.5) is 4.39 Å². The Morgan fingerprint density at radius 1 is 1.25 bits per heavy atom. The van der Waals surface area contributed by atoms with Gasteiger partial charge in [0.25, 0.3) is 0 Å². The highest BCUT2D eigenvalue weighted by molar-refractivity contribution is 5.32. The van der Waals surface area contributed by atoms with Gasteiger partial charge >= 0.3 is 0 Å². The minimum Gasteiger partial charge on any atom is -0.306 e. The van der Waals surface area contributed by atoms with Crippen LogP contribution in [-0.2, 0) is 6.54 Å². The van der Waals surface area contributed by atoms with Gasteiger partial charge in [-0.25, -0.2) is 4.39 Å². The van der Waals surface area contributed by atoms with Crippen LogP contribution in [0.1, 0.15) is 43.0 Å². The van der Waals surface area contributed by atoms with E-state index in [0.29, 0.717) is 0 Å². The number of benzene rings is 1. The molecule has 3 nitrogen and oxygen atoms in total. The van der Waals surface area contributed by atoms with Crippen LogP contribution in [0.2, 0.25) is 0 Å². The lowest BCUT2D eigenvalue weighted by Crippen LogP contribution is -2.22. The minimum atomic E-state index is -0.191. The highest BCUT2D eigenvalue weighted by Crippen LogP contribution is 2.23. The molecule has 1 N–H and O–H groups in total. The summed E-state index contributed by atoms with van der Waals surface area (Å²) in [4.78, 5) is 0. The second-order valence-corrected chi connectivity index (χ2v) is 5.09. The van der Waals surface area contributed by atoms with E-state index in [1.807, 2.05) is 30.1 Å². The Morgan fingerprint density at radius 2 is 2.05 bits per heavy atom. The molecule has 0 bridgehead atoms. The Balaban J connectivity index is 2.33.